The minimum atomic E-state index is -0.0641. The number of nitrogens with two attached hydrogens (primary N) is 1. The molecule has 1 aliphatic carbocycles. The predicted octanol–water partition coefficient (Wildman–Crippen LogP) is 2.44. The Hall–Kier alpha value is -0.206. The van der Waals surface area contributed by atoms with Crippen LogP contribution in [0.1, 0.15) is 20.8 Å². The molecule has 3 N–H and O–H groups in total. The van der Waals surface area contributed by atoms with Gasteiger partial charge < -0.3 is 11.1 Å². The molecule has 0 aromatic heterocycles. The molecule has 1 aliphatic rings. The maximum absolute atomic E-state index is 7.19. The Labute approximate surface area is 117 Å². The van der Waals surface area contributed by atoms with E-state index in [2.05, 4.69) is 26.8 Å². The molecule has 1 rings (SSSR count). The third-order valence-electron chi connectivity index (χ3n) is 2.83. The summed E-state index contributed by atoms with van der Waals surface area (Å²) >= 11 is 0. The molecule has 1 unspecified atom stereocenters. The van der Waals surface area contributed by atoms with Crippen LogP contribution in [0.4, 0.5) is 0 Å². The van der Waals surface area contributed by atoms with Gasteiger partial charge in [-0.2, -0.15) is 6.08 Å². The topological polar surface area (TPSA) is 49.9 Å². The molecule has 0 fully saturated rings. The Bertz CT molecular complexity index is 327. The van der Waals surface area contributed by atoms with E-state index < -0.39 is 0 Å². The van der Waals surface area contributed by atoms with E-state index in [4.69, 9.17) is 11.1 Å². The fraction of sp³-hybridized carbons (Fsp3) is 0.417. The molecule has 0 aromatic carbocycles. The number of hydrogen-bond donors (Lipinski definition) is 2. The average molecular weight is 278 g/mol. The molecule has 0 amide bonds. The molecule has 79 valence electrons. The summed E-state index contributed by atoms with van der Waals surface area (Å²) in [4.78, 5) is 0. The van der Waals surface area contributed by atoms with Gasteiger partial charge in [-0.05, 0) is 17.0 Å². The molecule has 0 aliphatic heterocycles. The molecular weight excluding hydrogens is 261 g/mol. The maximum Gasteiger partial charge on any atom is 0 e. The van der Waals surface area contributed by atoms with Crippen LogP contribution in [-0.2, 0) is 32.7 Å². The van der Waals surface area contributed by atoms with Crippen molar-refractivity contribution in [1.29, 1.82) is 5.41 Å². The van der Waals surface area contributed by atoms with Crippen molar-refractivity contribution in [2.75, 3.05) is 0 Å². The van der Waals surface area contributed by atoms with E-state index in [9.17, 15) is 0 Å². The Kier molecular flexibility index (Phi) is 5.68. The second-order valence-electron chi connectivity index (χ2n) is 4.18. The molecule has 3 heteroatoms. The van der Waals surface area contributed by atoms with E-state index >= 15 is 0 Å². The number of allylic oxidation sites excluding steroid dienone is 5. The van der Waals surface area contributed by atoms with E-state index in [0.717, 1.165) is 5.57 Å². The van der Waals surface area contributed by atoms with Crippen LogP contribution in [0.2, 0.25) is 0 Å². The van der Waals surface area contributed by atoms with E-state index in [1.165, 1.54) is 6.21 Å². The normalized spacial score (nSPS) is 25.1. The Morgan fingerprint density at radius 2 is 2.13 bits per heavy atom. The monoisotopic (exact) mass is 278 g/mol. The molecule has 0 aromatic rings. The third-order valence-corrected chi connectivity index (χ3v) is 2.83. The smallest absolute Gasteiger partial charge is 0 e. The maximum atomic E-state index is 7.19. The number of rotatable bonds is 2. The van der Waals surface area contributed by atoms with Crippen molar-refractivity contribution in [2.24, 2.45) is 17.1 Å². The van der Waals surface area contributed by atoms with Crippen molar-refractivity contribution >= 4 is 6.21 Å². The first-order chi connectivity index (χ1) is 6.49. The first kappa shape index (κ1) is 14.8. The van der Waals surface area contributed by atoms with Crippen LogP contribution >= 0.6 is 0 Å². The van der Waals surface area contributed by atoms with Crippen LogP contribution in [0.15, 0.2) is 29.5 Å². The number of nitrogens with one attached hydrogen (secondary N) is 1. The Morgan fingerprint density at radius 1 is 1.53 bits per heavy atom. The summed E-state index contributed by atoms with van der Waals surface area (Å²) in [5.41, 5.74) is 7.21. The molecule has 2 nitrogen and oxygen atoms in total. The summed E-state index contributed by atoms with van der Waals surface area (Å²) < 4.78 is 0. The van der Waals surface area contributed by atoms with Crippen molar-refractivity contribution in [3.05, 3.63) is 35.6 Å². The molecule has 0 saturated carbocycles. The van der Waals surface area contributed by atoms with Gasteiger partial charge >= 0.3 is 0 Å². The molecule has 0 bridgehead atoms. The fourth-order valence-electron chi connectivity index (χ4n) is 1.31. The molecule has 0 spiro atoms. The SMILES string of the molecule is CC(C)C1(C)C=[C-]C=C(C=N)C(N)=C1.[Y]. The largest absolute Gasteiger partial charge is 0.413 e. The second-order valence-corrected chi connectivity index (χ2v) is 4.18. The van der Waals surface area contributed by atoms with Crippen molar-refractivity contribution in [1.82, 2.24) is 0 Å². The fourth-order valence-corrected chi connectivity index (χ4v) is 1.31. The first-order valence-corrected chi connectivity index (χ1v) is 4.79. The van der Waals surface area contributed by atoms with Crippen LogP contribution in [0.25, 0.3) is 0 Å². The average Bonchev–Trinajstić information content (AvgIpc) is 2.25. The quantitative estimate of drug-likeness (QED) is 0.591. The first-order valence-electron chi connectivity index (χ1n) is 4.79. The zero-order chi connectivity index (χ0) is 10.8. The minimum Gasteiger partial charge on any atom is -0.413 e. The summed E-state index contributed by atoms with van der Waals surface area (Å²) in [5, 5.41) is 7.19. The number of hydrogen-bond acceptors (Lipinski definition) is 2. The summed E-state index contributed by atoms with van der Waals surface area (Å²) in [6, 6.07) is 0. The predicted molar refractivity (Wildman–Crippen MR) is 59.9 cm³/mol. The second kappa shape index (κ2) is 5.76. The molecule has 1 atom stereocenters. The zero-order valence-electron chi connectivity index (χ0n) is 9.54. The summed E-state index contributed by atoms with van der Waals surface area (Å²) in [6.45, 7) is 6.42. The summed E-state index contributed by atoms with van der Waals surface area (Å²) in [6.07, 6.45) is 10.1. The van der Waals surface area contributed by atoms with Gasteiger partial charge in [0.25, 0.3) is 0 Å². The molecule has 15 heavy (non-hydrogen) atoms. The van der Waals surface area contributed by atoms with Gasteiger partial charge in [-0.25, -0.2) is 6.08 Å². The minimum absolute atomic E-state index is 0. The standard InChI is InChI=1S/C12H17N2.Y/c1-9(2)12(3)6-4-5-10(8-13)11(14)7-12;/h5-9,13H,14H2,1-3H3;/q-1;. The zero-order valence-corrected chi connectivity index (χ0v) is 12.4. The third kappa shape index (κ3) is 3.39. The van der Waals surface area contributed by atoms with Crippen molar-refractivity contribution in [3.63, 3.8) is 0 Å². The van der Waals surface area contributed by atoms with Crippen molar-refractivity contribution < 1.29 is 32.7 Å². The van der Waals surface area contributed by atoms with E-state index in [0.29, 0.717) is 11.6 Å². The van der Waals surface area contributed by atoms with Crippen LogP contribution in [-0.4, -0.2) is 6.21 Å². The van der Waals surface area contributed by atoms with Crippen molar-refractivity contribution in [2.45, 2.75) is 20.8 Å². The Balaban J connectivity index is 0.00000196. The van der Waals surface area contributed by atoms with Gasteiger partial charge in [-0.15, -0.1) is 5.57 Å². The molecular formula is C12H17N2Y-. The van der Waals surface area contributed by atoms with Gasteiger partial charge in [0.1, 0.15) is 0 Å². The van der Waals surface area contributed by atoms with E-state index in [1.807, 2.05) is 12.2 Å². The van der Waals surface area contributed by atoms with E-state index in [1.54, 1.807) is 6.08 Å². The van der Waals surface area contributed by atoms with Crippen LogP contribution < -0.4 is 5.73 Å². The van der Waals surface area contributed by atoms with Gasteiger partial charge in [-0.3, -0.25) is 6.08 Å². The van der Waals surface area contributed by atoms with Crippen LogP contribution in [0.3, 0.4) is 0 Å². The van der Waals surface area contributed by atoms with Gasteiger partial charge in [0.15, 0.2) is 0 Å². The molecule has 0 saturated heterocycles. The van der Waals surface area contributed by atoms with Crippen molar-refractivity contribution in [3.8, 4) is 0 Å². The van der Waals surface area contributed by atoms with Gasteiger partial charge in [0.2, 0.25) is 0 Å². The Morgan fingerprint density at radius 3 is 2.60 bits per heavy atom. The van der Waals surface area contributed by atoms with Gasteiger partial charge in [-0.1, -0.05) is 33.1 Å². The van der Waals surface area contributed by atoms with Crippen LogP contribution in [0.5, 0.6) is 0 Å². The van der Waals surface area contributed by atoms with E-state index in [-0.39, 0.29) is 38.1 Å². The summed E-state index contributed by atoms with van der Waals surface area (Å²) in [5.74, 6) is 0.465. The van der Waals surface area contributed by atoms with Gasteiger partial charge in [0.05, 0.1) is 0 Å². The summed E-state index contributed by atoms with van der Waals surface area (Å²) in [7, 11) is 0. The van der Waals surface area contributed by atoms with Crippen LogP contribution in [0, 0.1) is 22.8 Å². The van der Waals surface area contributed by atoms with Gasteiger partial charge in [0, 0.05) is 32.7 Å². The molecule has 1 radical (unpaired) electrons. The molecule has 0 heterocycles.